The fraction of sp³-hybridized carbons (Fsp3) is 0.778. The molecule has 1 heterocycles. The molecule has 2 N–H and O–H groups in total. The molecule has 2 saturated carbocycles. The van der Waals surface area contributed by atoms with Gasteiger partial charge in [-0.1, -0.05) is 5.21 Å². The second-order valence-electron chi connectivity index (χ2n) is 4.26. The summed E-state index contributed by atoms with van der Waals surface area (Å²) in [6.07, 6.45) is 5.23. The third-order valence-electron chi connectivity index (χ3n) is 2.89. The molecule has 0 spiro atoms. The summed E-state index contributed by atoms with van der Waals surface area (Å²) in [7, 11) is 0. The second kappa shape index (κ2) is 2.47. The molecule has 2 aliphatic rings. The van der Waals surface area contributed by atoms with Gasteiger partial charge in [-0.25, -0.2) is 4.68 Å². The minimum Gasteiger partial charge on any atom is -0.381 e. The van der Waals surface area contributed by atoms with Gasteiger partial charge in [-0.3, -0.25) is 0 Å². The zero-order valence-corrected chi connectivity index (χ0v) is 7.61. The third kappa shape index (κ3) is 1.30. The highest BCUT2D eigenvalue weighted by Crippen LogP contribution is 2.43. The van der Waals surface area contributed by atoms with Gasteiger partial charge < -0.3 is 5.73 Å². The Morgan fingerprint density at radius 2 is 2.08 bits per heavy atom. The lowest BCUT2D eigenvalue weighted by Crippen LogP contribution is -2.06. The van der Waals surface area contributed by atoms with E-state index in [0.717, 1.165) is 12.5 Å². The van der Waals surface area contributed by atoms with E-state index in [1.807, 2.05) is 4.68 Å². The summed E-state index contributed by atoms with van der Waals surface area (Å²) in [5.41, 5.74) is 6.98. The maximum absolute atomic E-state index is 5.78. The molecule has 0 atom stereocenters. The molecule has 0 saturated heterocycles. The molecular formula is C9H14N4. The van der Waals surface area contributed by atoms with Gasteiger partial charge in [-0.15, -0.1) is 5.10 Å². The Labute approximate surface area is 77.1 Å². The van der Waals surface area contributed by atoms with Crippen molar-refractivity contribution < 1.29 is 0 Å². The van der Waals surface area contributed by atoms with Gasteiger partial charge in [0.1, 0.15) is 0 Å². The van der Waals surface area contributed by atoms with Crippen LogP contribution in [0, 0.1) is 5.92 Å². The Bertz CT molecular complexity index is 322. The van der Waals surface area contributed by atoms with Crippen LogP contribution in [0.3, 0.4) is 0 Å². The van der Waals surface area contributed by atoms with Crippen molar-refractivity contribution in [2.45, 2.75) is 38.1 Å². The number of anilines is 1. The van der Waals surface area contributed by atoms with Gasteiger partial charge in [0, 0.05) is 12.5 Å². The average Bonchev–Trinajstić information content (AvgIpc) is 2.95. The SMILES string of the molecule is Nc1nnn(CC2CC2)c1C1CC1. The average molecular weight is 178 g/mol. The summed E-state index contributed by atoms with van der Waals surface area (Å²) in [6.45, 7) is 1.04. The molecule has 2 aliphatic carbocycles. The highest BCUT2D eigenvalue weighted by Gasteiger charge is 2.32. The van der Waals surface area contributed by atoms with E-state index in [1.165, 1.54) is 31.4 Å². The van der Waals surface area contributed by atoms with E-state index in [2.05, 4.69) is 10.3 Å². The molecule has 0 aliphatic heterocycles. The summed E-state index contributed by atoms with van der Waals surface area (Å²) in [5, 5.41) is 8.05. The second-order valence-corrected chi connectivity index (χ2v) is 4.26. The van der Waals surface area contributed by atoms with Crippen LogP contribution in [0.25, 0.3) is 0 Å². The normalized spacial score (nSPS) is 22.2. The highest BCUT2D eigenvalue weighted by atomic mass is 15.4. The molecular weight excluding hydrogens is 164 g/mol. The maximum atomic E-state index is 5.78. The Morgan fingerprint density at radius 3 is 2.69 bits per heavy atom. The van der Waals surface area contributed by atoms with Crippen LogP contribution < -0.4 is 5.73 Å². The van der Waals surface area contributed by atoms with Gasteiger partial charge in [0.25, 0.3) is 0 Å². The lowest BCUT2D eigenvalue weighted by atomic mass is 10.3. The van der Waals surface area contributed by atoms with Gasteiger partial charge in [-0.05, 0) is 31.6 Å². The molecule has 4 nitrogen and oxygen atoms in total. The van der Waals surface area contributed by atoms with Crippen LogP contribution in [0.15, 0.2) is 0 Å². The Morgan fingerprint density at radius 1 is 1.31 bits per heavy atom. The summed E-state index contributed by atoms with van der Waals surface area (Å²) in [5.74, 6) is 2.16. The summed E-state index contributed by atoms with van der Waals surface area (Å²) in [6, 6.07) is 0. The number of aromatic nitrogens is 3. The van der Waals surface area contributed by atoms with Crippen molar-refractivity contribution in [1.82, 2.24) is 15.0 Å². The first-order valence-electron chi connectivity index (χ1n) is 5.03. The van der Waals surface area contributed by atoms with Crippen LogP contribution in [0.1, 0.15) is 37.3 Å². The predicted octanol–water partition coefficient (Wildman–Crippen LogP) is 1.15. The van der Waals surface area contributed by atoms with Crippen molar-refractivity contribution >= 4 is 5.82 Å². The fourth-order valence-electron chi connectivity index (χ4n) is 1.79. The number of hydrogen-bond acceptors (Lipinski definition) is 3. The molecule has 4 heteroatoms. The van der Waals surface area contributed by atoms with Crippen LogP contribution in [0.4, 0.5) is 5.82 Å². The van der Waals surface area contributed by atoms with Crippen molar-refractivity contribution in [1.29, 1.82) is 0 Å². The molecule has 2 fully saturated rings. The first-order chi connectivity index (χ1) is 6.34. The smallest absolute Gasteiger partial charge is 0.169 e. The monoisotopic (exact) mass is 178 g/mol. The van der Waals surface area contributed by atoms with Gasteiger partial charge in [0.15, 0.2) is 5.82 Å². The maximum Gasteiger partial charge on any atom is 0.169 e. The van der Waals surface area contributed by atoms with Crippen molar-refractivity contribution in [3.8, 4) is 0 Å². The van der Waals surface area contributed by atoms with Gasteiger partial charge in [0.05, 0.1) is 5.69 Å². The largest absolute Gasteiger partial charge is 0.381 e. The summed E-state index contributed by atoms with van der Waals surface area (Å²) < 4.78 is 2.03. The van der Waals surface area contributed by atoms with Crippen LogP contribution in [0.2, 0.25) is 0 Å². The van der Waals surface area contributed by atoms with E-state index in [-0.39, 0.29) is 0 Å². The first-order valence-corrected chi connectivity index (χ1v) is 5.03. The van der Waals surface area contributed by atoms with Crippen LogP contribution >= 0.6 is 0 Å². The van der Waals surface area contributed by atoms with E-state index >= 15 is 0 Å². The highest BCUT2D eigenvalue weighted by molar-refractivity contribution is 5.38. The number of nitrogens with two attached hydrogens (primary N) is 1. The first kappa shape index (κ1) is 7.35. The van der Waals surface area contributed by atoms with E-state index in [0.29, 0.717) is 11.7 Å². The standard InChI is InChI=1S/C9H14N4/c10-9-8(7-3-4-7)13(12-11-9)5-6-1-2-6/h6-7H,1-5,10H2. The molecule has 1 aromatic rings. The molecule has 13 heavy (non-hydrogen) atoms. The van der Waals surface area contributed by atoms with E-state index in [9.17, 15) is 0 Å². The van der Waals surface area contributed by atoms with Crippen molar-refractivity contribution in [2.24, 2.45) is 5.92 Å². The van der Waals surface area contributed by atoms with Gasteiger partial charge >= 0.3 is 0 Å². The zero-order chi connectivity index (χ0) is 8.84. The van der Waals surface area contributed by atoms with Crippen LogP contribution in [-0.4, -0.2) is 15.0 Å². The molecule has 0 aromatic carbocycles. The Kier molecular flexibility index (Phi) is 1.39. The molecule has 70 valence electrons. The molecule has 0 radical (unpaired) electrons. The Balaban J connectivity index is 1.88. The fourth-order valence-corrected chi connectivity index (χ4v) is 1.79. The van der Waals surface area contributed by atoms with Crippen LogP contribution in [-0.2, 0) is 6.54 Å². The zero-order valence-electron chi connectivity index (χ0n) is 7.61. The summed E-state index contributed by atoms with van der Waals surface area (Å²) in [4.78, 5) is 0. The minimum absolute atomic E-state index is 0.656. The number of nitrogen functional groups attached to an aromatic ring is 1. The topological polar surface area (TPSA) is 56.7 Å². The minimum atomic E-state index is 0.656. The molecule has 3 rings (SSSR count). The predicted molar refractivity (Wildman–Crippen MR) is 49.1 cm³/mol. The number of nitrogens with zero attached hydrogens (tertiary/aromatic N) is 3. The summed E-state index contributed by atoms with van der Waals surface area (Å²) >= 11 is 0. The van der Waals surface area contributed by atoms with Crippen molar-refractivity contribution in [3.05, 3.63) is 5.69 Å². The molecule has 0 unspecified atom stereocenters. The third-order valence-corrected chi connectivity index (χ3v) is 2.89. The molecule has 0 amide bonds. The lowest BCUT2D eigenvalue weighted by molar-refractivity contribution is 0.524. The number of hydrogen-bond donors (Lipinski definition) is 1. The van der Waals surface area contributed by atoms with Crippen molar-refractivity contribution in [2.75, 3.05) is 5.73 Å². The van der Waals surface area contributed by atoms with Gasteiger partial charge in [-0.2, -0.15) is 0 Å². The molecule has 0 bridgehead atoms. The Hall–Kier alpha value is -1.06. The number of rotatable bonds is 3. The van der Waals surface area contributed by atoms with Crippen LogP contribution in [0.5, 0.6) is 0 Å². The molecule has 1 aromatic heterocycles. The van der Waals surface area contributed by atoms with E-state index in [4.69, 9.17) is 5.73 Å². The van der Waals surface area contributed by atoms with Gasteiger partial charge in [0.2, 0.25) is 0 Å². The quantitative estimate of drug-likeness (QED) is 0.755. The lowest BCUT2D eigenvalue weighted by Gasteiger charge is -2.03. The van der Waals surface area contributed by atoms with Crippen molar-refractivity contribution in [3.63, 3.8) is 0 Å². The van der Waals surface area contributed by atoms with E-state index in [1.54, 1.807) is 0 Å². The van der Waals surface area contributed by atoms with E-state index < -0.39 is 0 Å².